The Kier molecular flexibility index (Phi) is 5.82. The number of halogens is 4. The third kappa shape index (κ3) is 4.68. The maximum Gasteiger partial charge on any atom is 0.416 e. The molecule has 0 bridgehead atoms. The monoisotopic (exact) mass is 472 g/mol. The van der Waals surface area contributed by atoms with Crippen molar-refractivity contribution in [1.82, 2.24) is 9.97 Å². The van der Waals surface area contributed by atoms with Gasteiger partial charge >= 0.3 is 6.18 Å². The Morgan fingerprint density at radius 2 is 1.82 bits per heavy atom. The number of benzene rings is 2. The Hall–Kier alpha value is -3.85. The fourth-order valence-corrected chi connectivity index (χ4v) is 3.48. The van der Waals surface area contributed by atoms with Crippen LogP contribution in [0.5, 0.6) is 0 Å². The second kappa shape index (κ2) is 8.59. The number of hydrogen-bond acceptors (Lipinski definition) is 3. The molecule has 0 atom stereocenters. The summed E-state index contributed by atoms with van der Waals surface area (Å²) in [4.78, 5) is 32.4. The zero-order valence-electron chi connectivity index (χ0n) is 17.0. The van der Waals surface area contributed by atoms with Crippen LogP contribution in [0, 0.1) is 6.92 Å². The lowest BCUT2D eigenvalue weighted by atomic mass is 10.1. The molecule has 4 aromatic rings. The minimum absolute atomic E-state index is 0.145. The van der Waals surface area contributed by atoms with E-state index in [0.717, 1.165) is 18.2 Å². The molecule has 6 nitrogen and oxygen atoms in total. The number of carbonyl (C=O) groups is 2. The van der Waals surface area contributed by atoms with Gasteiger partial charge in [-0.1, -0.05) is 23.7 Å². The van der Waals surface area contributed by atoms with E-state index >= 15 is 0 Å². The van der Waals surface area contributed by atoms with Gasteiger partial charge in [-0.25, -0.2) is 4.98 Å². The third-order valence-electron chi connectivity index (χ3n) is 4.96. The molecule has 2 aromatic carbocycles. The standard InChI is InChI=1S/C23H16ClF3N4O2/c1-12-5-6-15(30-21(32)13-3-2-4-14(9-13)23(25,26)27)10-18(12)31-22(33)17-11-29-20-16(19(17)24)7-8-28-20/h2-11H,1H3,(H,28,29)(H,30,32)(H,31,33). The first kappa shape index (κ1) is 22.3. The number of pyridine rings is 1. The zero-order chi connectivity index (χ0) is 23.8. The number of aryl methyl sites for hydroxylation is 1. The van der Waals surface area contributed by atoms with Crippen LogP contribution >= 0.6 is 11.6 Å². The van der Waals surface area contributed by atoms with Crippen LogP contribution in [0.25, 0.3) is 11.0 Å². The predicted molar refractivity (Wildman–Crippen MR) is 120 cm³/mol. The number of anilines is 2. The van der Waals surface area contributed by atoms with Gasteiger partial charge in [0.2, 0.25) is 0 Å². The molecule has 0 unspecified atom stereocenters. The van der Waals surface area contributed by atoms with Gasteiger partial charge in [0.15, 0.2) is 0 Å². The van der Waals surface area contributed by atoms with Crippen LogP contribution in [-0.4, -0.2) is 21.8 Å². The van der Waals surface area contributed by atoms with E-state index in [1.807, 2.05) is 0 Å². The second-order valence-electron chi connectivity index (χ2n) is 7.24. The van der Waals surface area contributed by atoms with E-state index in [1.165, 1.54) is 18.3 Å². The molecule has 0 radical (unpaired) electrons. The van der Waals surface area contributed by atoms with E-state index in [0.29, 0.717) is 28.0 Å². The number of fused-ring (bicyclic) bond motifs is 1. The molecule has 0 aliphatic heterocycles. The topological polar surface area (TPSA) is 86.9 Å². The molecule has 0 fully saturated rings. The number of hydrogen-bond donors (Lipinski definition) is 3. The minimum Gasteiger partial charge on any atom is -0.346 e. The third-order valence-corrected chi connectivity index (χ3v) is 5.37. The van der Waals surface area contributed by atoms with Crippen molar-refractivity contribution in [2.24, 2.45) is 0 Å². The molecule has 0 aliphatic carbocycles. The van der Waals surface area contributed by atoms with Gasteiger partial charge in [0.1, 0.15) is 5.65 Å². The molecule has 0 spiro atoms. The van der Waals surface area contributed by atoms with E-state index in [1.54, 1.807) is 31.3 Å². The molecule has 168 valence electrons. The van der Waals surface area contributed by atoms with Crippen molar-refractivity contribution in [3.05, 3.63) is 88.2 Å². The maximum atomic E-state index is 12.9. The number of aromatic nitrogens is 2. The highest BCUT2D eigenvalue weighted by Gasteiger charge is 2.30. The van der Waals surface area contributed by atoms with Crippen LogP contribution in [0.1, 0.15) is 31.8 Å². The van der Waals surface area contributed by atoms with Gasteiger partial charge in [-0.3, -0.25) is 9.59 Å². The largest absolute Gasteiger partial charge is 0.416 e. The maximum absolute atomic E-state index is 12.9. The van der Waals surface area contributed by atoms with Gasteiger partial charge in [0, 0.05) is 34.7 Å². The van der Waals surface area contributed by atoms with Crippen molar-refractivity contribution in [3.8, 4) is 0 Å². The molecule has 4 rings (SSSR count). The van der Waals surface area contributed by atoms with Crippen LogP contribution in [0.3, 0.4) is 0 Å². The first-order valence-electron chi connectivity index (χ1n) is 9.65. The number of nitrogens with zero attached hydrogens (tertiary/aromatic N) is 1. The van der Waals surface area contributed by atoms with Crippen LogP contribution in [0.4, 0.5) is 24.5 Å². The molecule has 2 heterocycles. The predicted octanol–water partition coefficient (Wildman–Crippen LogP) is 6.05. The van der Waals surface area contributed by atoms with Crippen molar-refractivity contribution >= 4 is 45.8 Å². The summed E-state index contributed by atoms with van der Waals surface area (Å²) in [5.74, 6) is -1.22. The van der Waals surface area contributed by atoms with Gasteiger partial charge in [0.05, 0.1) is 16.1 Å². The molecule has 2 amide bonds. The summed E-state index contributed by atoms with van der Waals surface area (Å²) in [6, 6.07) is 10.6. The summed E-state index contributed by atoms with van der Waals surface area (Å²) >= 11 is 6.34. The number of nitrogens with one attached hydrogen (secondary N) is 3. The van der Waals surface area contributed by atoms with Crippen molar-refractivity contribution < 1.29 is 22.8 Å². The fraction of sp³-hybridized carbons (Fsp3) is 0.0870. The first-order chi connectivity index (χ1) is 15.6. The van der Waals surface area contributed by atoms with E-state index in [4.69, 9.17) is 11.6 Å². The Bertz CT molecular complexity index is 1380. The lowest BCUT2D eigenvalue weighted by Crippen LogP contribution is -2.16. The summed E-state index contributed by atoms with van der Waals surface area (Å²) < 4.78 is 38.8. The van der Waals surface area contributed by atoms with Crippen molar-refractivity contribution in [2.75, 3.05) is 10.6 Å². The molecule has 33 heavy (non-hydrogen) atoms. The number of carbonyl (C=O) groups excluding carboxylic acids is 2. The Labute approximate surface area is 190 Å². The highest BCUT2D eigenvalue weighted by Crippen LogP contribution is 2.30. The smallest absolute Gasteiger partial charge is 0.346 e. The van der Waals surface area contributed by atoms with E-state index in [-0.39, 0.29) is 16.1 Å². The highest BCUT2D eigenvalue weighted by atomic mass is 35.5. The summed E-state index contributed by atoms with van der Waals surface area (Å²) in [5.41, 5.74) is 1.04. The zero-order valence-corrected chi connectivity index (χ0v) is 17.8. The van der Waals surface area contributed by atoms with Gasteiger partial charge in [-0.2, -0.15) is 13.2 Å². The Morgan fingerprint density at radius 1 is 1.03 bits per heavy atom. The average molecular weight is 473 g/mol. The van der Waals surface area contributed by atoms with Gasteiger partial charge in [-0.15, -0.1) is 0 Å². The summed E-state index contributed by atoms with van der Waals surface area (Å²) in [7, 11) is 0. The van der Waals surface area contributed by atoms with Gasteiger partial charge in [-0.05, 0) is 48.9 Å². The second-order valence-corrected chi connectivity index (χ2v) is 7.62. The Balaban J connectivity index is 1.55. The number of H-pyrrole nitrogens is 1. The van der Waals surface area contributed by atoms with Crippen LogP contribution < -0.4 is 10.6 Å². The molecular weight excluding hydrogens is 457 g/mol. The molecule has 0 saturated carbocycles. The fourth-order valence-electron chi connectivity index (χ4n) is 3.20. The summed E-state index contributed by atoms with van der Waals surface area (Å²) in [6.07, 6.45) is -1.55. The average Bonchev–Trinajstić information content (AvgIpc) is 3.25. The molecule has 10 heteroatoms. The number of amides is 2. The quantitative estimate of drug-likeness (QED) is 0.338. The molecule has 3 N–H and O–H groups in total. The summed E-state index contributed by atoms with van der Waals surface area (Å²) in [5, 5.41) is 6.12. The molecule has 0 saturated heterocycles. The Morgan fingerprint density at radius 3 is 2.58 bits per heavy atom. The molecular formula is C23H16ClF3N4O2. The van der Waals surface area contributed by atoms with Crippen LogP contribution in [-0.2, 0) is 6.18 Å². The van der Waals surface area contributed by atoms with Crippen LogP contribution in [0.15, 0.2) is 60.9 Å². The van der Waals surface area contributed by atoms with Crippen molar-refractivity contribution in [1.29, 1.82) is 0 Å². The van der Waals surface area contributed by atoms with Gasteiger partial charge in [0.25, 0.3) is 11.8 Å². The van der Waals surface area contributed by atoms with E-state index < -0.39 is 23.6 Å². The molecule has 2 aromatic heterocycles. The number of aromatic amines is 1. The van der Waals surface area contributed by atoms with E-state index in [9.17, 15) is 22.8 Å². The number of alkyl halides is 3. The van der Waals surface area contributed by atoms with E-state index in [2.05, 4.69) is 20.6 Å². The lowest BCUT2D eigenvalue weighted by Gasteiger charge is -2.13. The SMILES string of the molecule is Cc1ccc(NC(=O)c2cccc(C(F)(F)F)c2)cc1NC(=O)c1cnc2[nH]ccc2c1Cl. The van der Waals surface area contributed by atoms with Crippen LogP contribution in [0.2, 0.25) is 5.02 Å². The van der Waals surface area contributed by atoms with Gasteiger partial charge < -0.3 is 15.6 Å². The lowest BCUT2D eigenvalue weighted by molar-refractivity contribution is -0.137. The molecule has 0 aliphatic rings. The van der Waals surface area contributed by atoms with Crippen molar-refractivity contribution in [3.63, 3.8) is 0 Å². The first-order valence-corrected chi connectivity index (χ1v) is 10.0. The minimum atomic E-state index is -4.56. The van der Waals surface area contributed by atoms with Crippen molar-refractivity contribution in [2.45, 2.75) is 13.1 Å². The normalized spacial score (nSPS) is 11.4. The highest BCUT2D eigenvalue weighted by molar-refractivity contribution is 6.38. The summed E-state index contributed by atoms with van der Waals surface area (Å²) in [6.45, 7) is 1.75. The number of rotatable bonds is 4.